The van der Waals surface area contributed by atoms with Gasteiger partial charge < -0.3 is 15.4 Å². The summed E-state index contributed by atoms with van der Waals surface area (Å²) in [6.45, 7) is 9.07. The van der Waals surface area contributed by atoms with Crippen molar-refractivity contribution >= 4 is 41.3 Å². The molecule has 2 N–H and O–H groups in total. The Labute approximate surface area is 177 Å². The highest BCUT2D eigenvalue weighted by Gasteiger charge is 2.07. The number of nitrogens with one attached hydrogen (secondary N) is 2. The van der Waals surface area contributed by atoms with Crippen LogP contribution in [0, 0.1) is 0 Å². The van der Waals surface area contributed by atoms with Crippen molar-refractivity contribution in [3.05, 3.63) is 51.5 Å². The third-order valence-corrected chi connectivity index (χ3v) is 4.69. The Balaban J connectivity index is 0.00000338. The van der Waals surface area contributed by atoms with E-state index in [2.05, 4.69) is 52.0 Å². The largest absolute Gasteiger partial charge is 0.377 e. The average molecular weight is 488 g/mol. The van der Waals surface area contributed by atoms with Gasteiger partial charge in [-0.2, -0.15) is 0 Å². The van der Waals surface area contributed by atoms with E-state index < -0.39 is 0 Å². The Kier molecular flexibility index (Phi) is 10.8. The van der Waals surface area contributed by atoms with E-state index in [1.807, 2.05) is 19.1 Å². The van der Waals surface area contributed by atoms with Crippen LogP contribution in [0.2, 0.25) is 0 Å². The topological polar surface area (TPSA) is 58.5 Å². The molecule has 5 nitrogen and oxygen atoms in total. The smallest absolute Gasteiger partial charge is 0.191 e. The van der Waals surface area contributed by atoms with Crippen LogP contribution >= 0.6 is 35.3 Å². The van der Waals surface area contributed by atoms with Gasteiger partial charge >= 0.3 is 0 Å². The van der Waals surface area contributed by atoms with Gasteiger partial charge in [0.05, 0.1) is 18.8 Å². The lowest BCUT2D eigenvalue weighted by molar-refractivity contribution is 0.133. The molecule has 0 atom stereocenters. The monoisotopic (exact) mass is 488 g/mol. The number of aromatic nitrogens is 1. The molecule has 0 unspecified atom stereocenters. The fourth-order valence-electron chi connectivity index (χ4n) is 2.31. The van der Waals surface area contributed by atoms with Gasteiger partial charge in [0.25, 0.3) is 0 Å². The number of halogens is 1. The maximum Gasteiger partial charge on any atom is 0.191 e. The zero-order chi connectivity index (χ0) is 18.1. The molecule has 0 amide bonds. The molecule has 0 bridgehead atoms. The van der Waals surface area contributed by atoms with E-state index in [1.54, 1.807) is 18.4 Å². The first-order chi connectivity index (χ1) is 12.1. The van der Waals surface area contributed by atoms with Gasteiger partial charge in [-0.1, -0.05) is 38.1 Å². The summed E-state index contributed by atoms with van der Waals surface area (Å²) in [5, 5.41) is 9.89. The van der Waals surface area contributed by atoms with E-state index >= 15 is 0 Å². The minimum absolute atomic E-state index is 0. The highest BCUT2D eigenvalue weighted by molar-refractivity contribution is 14.0. The summed E-state index contributed by atoms with van der Waals surface area (Å²) >= 11 is 1.68. The minimum atomic E-state index is 0. The highest BCUT2D eigenvalue weighted by atomic mass is 127. The maximum atomic E-state index is 5.54. The predicted octanol–water partition coefficient (Wildman–Crippen LogP) is 4.29. The van der Waals surface area contributed by atoms with Crippen molar-refractivity contribution < 1.29 is 4.74 Å². The molecule has 7 heteroatoms. The number of aliphatic imine (C=N–C) groups is 1. The molecule has 1 aromatic carbocycles. The molecule has 26 heavy (non-hydrogen) atoms. The fraction of sp³-hybridized carbons (Fsp3) is 0.474. The van der Waals surface area contributed by atoms with Crippen LogP contribution in [-0.4, -0.2) is 24.6 Å². The summed E-state index contributed by atoms with van der Waals surface area (Å²) in [7, 11) is 1.78. The number of benzene rings is 1. The number of ether oxygens (including phenoxy) is 1. The first-order valence-electron chi connectivity index (χ1n) is 8.67. The van der Waals surface area contributed by atoms with Gasteiger partial charge in [0.2, 0.25) is 0 Å². The number of hydrogen-bond donors (Lipinski definition) is 2. The standard InChI is InChI=1S/C19H28N4OS.HI/c1-5-24-12-16-9-7-6-8-15(16)10-21-19(20-4)22-11-18-23-17(13-25-18)14(2)3;/h6-9,13-14H,5,10-12H2,1-4H3,(H2,20,21,22);1H. The molecule has 2 aromatic rings. The molecular formula is C19H29IN4OS. The van der Waals surface area contributed by atoms with Crippen LogP contribution in [0.15, 0.2) is 34.6 Å². The van der Waals surface area contributed by atoms with Crippen LogP contribution in [0.25, 0.3) is 0 Å². The highest BCUT2D eigenvalue weighted by Crippen LogP contribution is 2.17. The quantitative estimate of drug-likeness (QED) is 0.331. The van der Waals surface area contributed by atoms with Crippen LogP contribution in [-0.2, 0) is 24.4 Å². The Morgan fingerprint density at radius 1 is 1.19 bits per heavy atom. The predicted molar refractivity (Wildman–Crippen MR) is 120 cm³/mol. The van der Waals surface area contributed by atoms with Crippen molar-refractivity contribution in [2.24, 2.45) is 4.99 Å². The van der Waals surface area contributed by atoms with Gasteiger partial charge in [0, 0.05) is 25.6 Å². The van der Waals surface area contributed by atoms with Gasteiger partial charge in [0.15, 0.2) is 5.96 Å². The van der Waals surface area contributed by atoms with Crippen LogP contribution in [0.5, 0.6) is 0 Å². The van der Waals surface area contributed by atoms with Crippen molar-refractivity contribution in [1.82, 2.24) is 15.6 Å². The second-order valence-electron chi connectivity index (χ2n) is 6.01. The summed E-state index contributed by atoms with van der Waals surface area (Å²) in [4.78, 5) is 8.93. The average Bonchev–Trinajstić information content (AvgIpc) is 3.10. The van der Waals surface area contributed by atoms with Crippen LogP contribution in [0.3, 0.4) is 0 Å². The van der Waals surface area contributed by atoms with E-state index in [0.29, 0.717) is 25.6 Å². The number of nitrogens with zero attached hydrogens (tertiary/aromatic N) is 2. The lowest BCUT2D eigenvalue weighted by Gasteiger charge is -2.13. The normalized spacial score (nSPS) is 11.3. The minimum Gasteiger partial charge on any atom is -0.377 e. The third kappa shape index (κ3) is 7.20. The summed E-state index contributed by atoms with van der Waals surface area (Å²) in [6, 6.07) is 8.31. The van der Waals surface area contributed by atoms with Crippen molar-refractivity contribution in [2.45, 2.75) is 46.4 Å². The number of hydrogen-bond acceptors (Lipinski definition) is 4. The fourth-order valence-corrected chi connectivity index (χ4v) is 3.21. The Hall–Kier alpha value is -1.19. The Morgan fingerprint density at radius 3 is 2.50 bits per heavy atom. The third-order valence-electron chi connectivity index (χ3n) is 3.82. The summed E-state index contributed by atoms with van der Waals surface area (Å²) in [5.41, 5.74) is 3.57. The van der Waals surface area contributed by atoms with E-state index in [-0.39, 0.29) is 24.0 Å². The zero-order valence-corrected chi connectivity index (χ0v) is 19.1. The van der Waals surface area contributed by atoms with Crippen molar-refractivity contribution in [3.63, 3.8) is 0 Å². The van der Waals surface area contributed by atoms with E-state index in [1.165, 1.54) is 11.1 Å². The zero-order valence-electron chi connectivity index (χ0n) is 15.9. The van der Waals surface area contributed by atoms with Gasteiger partial charge in [0.1, 0.15) is 5.01 Å². The number of guanidine groups is 1. The van der Waals surface area contributed by atoms with Gasteiger partial charge in [-0.15, -0.1) is 35.3 Å². The second-order valence-corrected chi connectivity index (χ2v) is 6.95. The lowest BCUT2D eigenvalue weighted by atomic mass is 10.1. The molecule has 0 radical (unpaired) electrons. The first-order valence-corrected chi connectivity index (χ1v) is 9.55. The molecule has 144 valence electrons. The van der Waals surface area contributed by atoms with Gasteiger partial charge in [-0.3, -0.25) is 4.99 Å². The molecule has 0 fully saturated rings. The van der Waals surface area contributed by atoms with Gasteiger partial charge in [-0.05, 0) is 24.0 Å². The molecule has 2 rings (SSSR count). The van der Waals surface area contributed by atoms with Crippen molar-refractivity contribution in [2.75, 3.05) is 13.7 Å². The van der Waals surface area contributed by atoms with E-state index in [0.717, 1.165) is 23.3 Å². The first kappa shape index (κ1) is 22.9. The van der Waals surface area contributed by atoms with E-state index in [4.69, 9.17) is 4.74 Å². The van der Waals surface area contributed by atoms with Crippen molar-refractivity contribution in [3.8, 4) is 0 Å². The molecule has 0 aliphatic rings. The Morgan fingerprint density at radius 2 is 1.88 bits per heavy atom. The molecule has 0 spiro atoms. The maximum absolute atomic E-state index is 5.54. The van der Waals surface area contributed by atoms with Crippen LogP contribution in [0.1, 0.15) is 48.5 Å². The number of thiazole rings is 1. The summed E-state index contributed by atoms with van der Waals surface area (Å²) in [6.07, 6.45) is 0. The van der Waals surface area contributed by atoms with Gasteiger partial charge in [-0.25, -0.2) is 4.98 Å². The molecule has 0 saturated carbocycles. The second kappa shape index (κ2) is 12.2. The van der Waals surface area contributed by atoms with Crippen molar-refractivity contribution in [1.29, 1.82) is 0 Å². The van der Waals surface area contributed by atoms with Crippen LogP contribution in [0.4, 0.5) is 0 Å². The molecule has 0 aliphatic heterocycles. The SMILES string of the molecule is CCOCc1ccccc1CNC(=NC)NCc1nc(C(C)C)cs1.I. The van der Waals surface area contributed by atoms with Crippen LogP contribution < -0.4 is 10.6 Å². The molecule has 0 aliphatic carbocycles. The molecule has 1 aromatic heterocycles. The summed E-state index contributed by atoms with van der Waals surface area (Å²) < 4.78 is 5.54. The molecular weight excluding hydrogens is 459 g/mol. The lowest BCUT2D eigenvalue weighted by Crippen LogP contribution is -2.36. The van der Waals surface area contributed by atoms with E-state index in [9.17, 15) is 0 Å². The molecule has 0 saturated heterocycles. The molecule has 1 heterocycles. The summed E-state index contributed by atoms with van der Waals surface area (Å²) in [5.74, 6) is 1.23. The Bertz CT molecular complexity index is 688. The number of rotatable bonds is 8.